The van der Waals surface area contributed by atoms with Crippen molar-refractivity contribution in [1.29, 1.82) is 0 Å². The Labute approximate surface area is 106 Å². The molecule has 0 radical (unpaired) electrons. The van der Waals surface area contributed by atoms with Gasteiger partial charge in [0.25, 0.3) is 0 Å². The van der Waals surface area contributed by atoms with Gasteiger partial charge in [0.15, 0.2) is 0 Å². The van der Waals surface area contributed by atoms with Gasteiger partial charge in [-0.2, -0.15) is 11.8 Å². The van der Waals surface area contributed by atoms with Gasteiger partial charge in [-0.25, -0.2) is 0 Å². The molecule has 0 bridgehead atoms. The van der Waals surface area contributed by atoms with E-state index in [2.05, 4.69) is 4.98 Å². The van der Waals surface area contributed by atoms with Crippen LogP contribution >= 0.6 is 11.8 Å². The van der Waals surface area contributed by atoms with Gasteiger partial charge in [-0.1, -0.05) is 6.07 Å². The van der Waals surface area contributed by atoms with E-state index >= 15 is 0 Å². The number of aromatic nitrogens is 1. The third kappa shape index (κ3) is 4.36. The van der Waals surface area contributed by atoms with E-state index in [1.807, 2.05) is 32.0 Å². The second kappa shape index (κ2) is 6.02. The van der Waals surface area contributed by atoms with Crippen LogP contribution in [0.5, 0.6) is 0 Å². The molecule has 0 fully saturated rings. The highest BCUT2D eigenvalue weighted by Crippen LogP contribution is 2.27. The number of carboxylic acids is 1. The number of hydrogen-bond acceptors (Lipinski definition) is 4. The fourth-order valence-corrected chi connectivity index (χ4v) is 2.47. The number of rotatable bonds is 6. The van der Waals surface area contributed by atoms with Gasteiger partial charge in [-0.05, 0) is 38.2 Å². The Hall–Kier alpha value is -1.07. The van der Waals surface area contributed by atoms with Crippen LogP contribution in [0.4, 0.5) is 0 Å². The summed E-state index contributed by atoms with van der Waals surface area (Å²) in [7, 11) is 0. The minimum Gasteiger partial charge on any atom is -0.480 e. The maximum atomic E-state index is 10.8. The molecule has 5 heteroatoms. The van der Waals surface area contributed by atoms with Crippen LogP contribution in [0.1, 0.15) is 19.5 Å². The molecule has 94 valence electrons. The highest BCUT2D eigenvalue weighted by atomic mass is 32.2. The molecule has 0 amide bonds. The molecule has 4 nitrogen and oxygen atoms in total. The van der Waals surface area contributed by atoms with E-state index in [0.29, 0.717) is 0 Å². The maximum absolute atomic E-state index is 10.8. The molecule has 0 saturated carbocycles. The third-order valence-corrected chi connectivity index (χ3v) is 3.98. The summed E-state index contributed by atoms with van der Waals surface area (Å²) >= 11 is 1.56. The fraction of sp³-hybridized carbons (Fsp3) is 0.500. The Balaban J connectivity index is 2.43. The van der Waals surface area contributed by atoms with E-state index in [1.165, 1.54) is 0 Å². The largest absolute Gasteiger partial charge is 0.480 e. The summed E-state index contributed by atoms with van der Waals surface area (Å²) in [5, 5.41) is 8.88. The summed E-state index contributed by atoms with van der Waals surface area (Å²) in [5.41, 5.74) is 6.65. The first-order valence-corrected chi connectivity index (χ1v) is 6.44. The normalized spacial score (nSPS) is 13.4. The number of carbonyl (C=O) groups is 1. The van der Waals surface area contributed by atoms with Crippen molar-refractivity contribution in [3.63, 3.8) is 0 Å². The molecule has 0 unspecified atom stereocenters. The van der Waals surface area contributed by atoms with Gasteiger partial charge in [-0.3, -0.25) is 9.78 Å². The van der Waals surface area contributed by atoms with E-state index in [9.17, 15) is 4.79 Å². The van der Waals surface area contributed by atoms with Crippen LogP contribution in [0.15, 0.2) is 24.4 Å². The van der Waals surface area contributed by atoms with Crippen LogP contribution in [0.3, 0.4) is 0 Å². The molecule has 17 heavy (non-hydrogen) atoms. The van der Waals surface area contributed by atoms with E-state index < -0.39 is 16.8 Å². The molecular weight excluding hydrogens is 236 g/mol. The standard InChI is InChI=1S/C12H18N2O2S/c1-12(2,10(13)11(15)16)17-8-6-9-5-3-4-7-14-9/h3-5,7,10H,6,8,13H2,1-2H3,(H,15,16)/t10-/m1/s1. The van der Waals surface area contributed by atoms with E-state index in [-0.39, 0.29) is 0 Å². The quantitative estimate of drug-likeness (QED) is 0.805. The lowest BCUT2D eigenvalue weighted by Gasteiger charge is -2.27. The Kier molecular flexibility index (Phi) is 4.96. The van der Waals surface area contributed by atoms with Crippen molar-refractivity contribution < 1.29 is 9.90 Å². The average molecular weight is 254 g/mol. The van der Waals surface area contributed by atoms with Gasteiger partial charge in [0.2, 0.25) is 0 Å². The Morgan fingerprint density at radius 2 is 2.29 bits per heavy atom. The lowest BCUT2D eigenvalue weighted by molar-refractivity contribution is -0.139. The van der Waals surface area contributed by atoms with E-state index in [1.54, 1.807) is 18.0 Å². The predicted molar refractivity (Wildman–Crippen MR) is 70.1 cm³/mol. The number of thioether (sulfide) groups is 1. The molecule has 0 aliphatic heterocycles. The number of nitrogens with zero attached hydrogens (tertiary/aromatic N) is 1. The Morgan fingerprint density at radius 1 is 1.59 bits per heavy atom. The summed E-state index contributed by atoms with van der Waals surface area (Å²) < 4.78 is -0.472. The van der Waals surface area contributed by atoms with Crippen molar-refractivity contribution in [2.75, 3.05) is 5.75 Å². The molecule has 0 aliphatic carbocycles. The maximum Gasteiger partial charge on any atom is 0.321 e. The monoisotopic (exact) mass is 254 g/mol. The lowest BCUT2D eigenvalue weighted by Crippen LogP contribution is -2.46. The molecular formula is C12H18N2O2S. The van der Waals surface area contributed by atoms with Crippen LogP contribution in [0.25, 0.3) is 0 Å². The molecule has 0 aliphatic rings. The smallest absolute Gasteiger partial charge is 0.321 e. The fourth-order valence-electron chi connectivity index (χ4n) is 1.35. The molecule has 0 saturated heterocycles. The molecule has 1 atom stereocenters. The third-order valence-electron chi connectivity index (χ3n) is 2.57. The van der Waals surface area contributed by atoms with Gasteiger partial charge in [0, 0.05) is 16.6 Å². The van der Waals surface area contributed by atoms with Crippen LogP contribution in [-0.2, 0) is 11.2 Å². The zero-order valence-electron chi connectivity index (χ0n) is 10.1. The average Bonchev–Trinajstić information content (AvgIpc) is 2.29. The zero-order chi connectivity index (χ0) is 12.9. The van der Waals surface area contributed by atoms with Crippen molar-refractivity contribution in [2.45, 2.75) is 31.1 Å². The summed E-state index contributed by atoms with van der Waals surface area (Å²) in [4.78, 5) is 15.0. The number of carboxylic acid groups (broad SMARTS) is 1. The van der Waals surface area contributed by atoms with Crippen molar-refractivity contribution in [3.8, 4) is 0 Å². The number of hydrogen-bond donors (Lipinski definition) is 2. The molecule has 0 aromatic carbocycles. The number of nitrogens with two attached hydrogens (primary N) is 1. The first-order chi connectivity index (χ1) is 7.93. The summed E-state index contributed by atoms with van der Waals surface area (Å²) in [6.45, 7) is 3.71. The molecule has 1 aromatic heterocycles. The SMILES string of the molecule is CC(C)(SCCc1ccccn1)[C@H](N)C(=O)O. The molecule has 0 spiro atoms. The molecule has 1 rings (SSSR count). The van der Waals surface area contributed by atoms with Gasteiger partial charge in [0.1, 0.15) is 6.04 Å². The van der Waals surface area contributed by atoms with Crippen molar-refractivity contribution in [2.24, 2.45) is 5.73 Å². The van der Waals surface area contributed by atoms with Crippen molar-refractivity contribution in [3.05, 3.63) is 30.1 Å². The summed E-state index contributed by atoms with van der Waals surface area (Å²) in [5.74, 6) is -0.148. The Bertz CT molecular complexity index is 368. The predicted octanol–water partition coefficient (Wildman–Crippen LogP) is 1.55. The first kappa shape index (κ1) is 14.0. The van der Waals surface area contributed by atoms with Gasteiger partial charge in [-0.15, -0.1) is 0 Å². The lowest BCUT2D eigenvalue weighted by atomic mass is 10.1. The molecule has 1 heterocycles. The molecule has 1 aromatic rings. The van der Waals surface area contributed by atoms with Crippen molar-refractivity contribution >= 4 is 17.7 Å². The van der Waals surface area contributed by atoms with Crippen molar-refractivity contribution in [1.82, 2.24) is 4.98 Å². The van der Waals surface area contributed by atoms with Crippen LogP contribution in [0.2, 0.25) is 0 Å². The summed E-state index contributed by atoms with van der Waals surface area (Å²) in [6, 6.07) is 4.93. The van der Waals surface area contributed by atoms with Crippen LogP contribution in [0, 0.1) is 0 Å². The number of aliphatic carboxylic acids is 1. The zero-order valence-corrected chi connectivity index (χ0v) is 10.9. The highest BCUT2D eigenvalue weighted by Gasteiger charge is 2.32. The van der Waals surface area contributed by atoms with Crippen LogP contribution in [-0.4, -0.2) is 32.6 Å². The number of pyridine rings is 1. The van der Waals surface area contributed by atoms with E-state index in [4.69, 9.17) is 10.8 Å². The highest BCUT2D eigenvalue weighted by molar-refractivity contribution is 8.00. The van der Waals surface area contributed by atoms with Crippen LogP contribution < -0.4 is 5.73 Å². The molecule has 3 N–H and O–H groups in total. The second-order valence-electron chi connectivity index (χ2n) is 4.34. The van der Waals surface area contributed by atoms with Gasteiger partial charge in [0.05, 0.1) is 0 Å². The van der Waals surface area contributed by atoms with E-state index in [0.717, 1.165) is 17.9 Å². The van der Waals surface area contributed by atoms with Gasteiger partial charge >= 0.3 is 5.97 Å². The topological polar surface area (TPSA) is 76.2 Å². The number of aryl methyl sites for hydroxylation is 1. The van der Waals surface area contributed by atoms with Gasteiger partial charge < -0.3 is 10.8 Å². The minimum atomic E-state index is -0.958. The summed E-state index contributed by atoms with van der Waals surface area (Å²) in [6.07, 6.45) is 2.58. The Morgan fingerprint density at radius 3 is 2.82 bits per heavy atom. The minimum absolute atomic E-state index is 0.472. The first-order valence-electron chi connectivity index (χ1n) is 5.46. The second-order valence-corrected chi connectivity index (χ2v) is 6.09.